The van der Waals surface area contributed by atoms with Crippen LogP contribution in [0.1, 0.15) is 58.1 Å². The topological polar surface area (TPSA) is 0 Å². The summed E-state index contributed by atoms with van der Waals surface area (Å²) in [7, 11) is 0. The normalized spacial score (nSPS) is 16.3. The van der Waals surface area contributed by atoms with Crippen LogP contribution in [-0.4, -0.2) is 0 Å². The molecule has 0 saturated carbocycles. The second-order valence-corrected chi connectivity index (χ2v) is 8.94. The van der Waals surface area contributed by atoms with Crippen molar-refractivity contribution in [2.45, 2.75) is 38.5 Å². The van der Waals surface area contributed by atoms with Crippen LogP contribution in [0.5, 0.6) is 0 Å². The Kier molecular flexibility index (Phi) is 8.10. The van der Waals surface area contributed by atoms with Crippen LogP contribution in [0.4, 0.5) is 0 Å². The van der Waals surface area contributed by atoms with Gasteiger partial charge in [0.2, 0.25) is 0 Å². The molecule has 4 aromatic carbocycles. The molecule has 0 fully saturated rings. The van der Waals surface area contributed by atoms with E-state index in [9.17, 15) is 0 Å². The van der Waals surface area contributed by atoms with Crippen LogP contribution in [-0.2, 0) is 25.8 Å². The van der Waals surface area contributed by atoms with Gasteiger partial charge in [-0.05, 0) is 82.3 Å². The Morgan fingerprint density at radius 2 is 0.848 bits per heavy atom. The second-order valence-electron chi connectivity index (χ2n) is 8.94. The molecule has 2 aliphatic carbocycles. The molecule has 0 nitrogen and oxygen atoms in total. The first-order chi connectivity index (χ1) is 14.7. The minimum Gasteiger partial charge on any atom is -1.00 e. The fourth-order valence-corrected chi connectivity index (χ4v) is 6.05. The van der Waals surface area contributed by atoms with Gasteiger partial charge in [0.1, 0.15) is 0 Å². The summed E-state index contributed by atoms with van der Waals surface area (Å²) in [5.74, 6) is 0.995. The molecule has 0 N–H and O–H groups in total. The number of rotatable bonds is 3. The molecule has 2 atom stereocenters. The Balaban J connectivity index is 0.00000102. The summed E-state index contributed by atoms with van der Waals surface area (Å²) in [5, 5.41) is 0. The number of halogens is 2. The van der Waals surface area contributed by atoms with Crippen LogP contribution in [0.25, 0.3) is 22.3 Å². The Morgan fingerprint density at radius 1 is 0.485 bits per heavy atom. The summed E-state index contributed by atoms with van der Waals surface area (Å²) in [6.45, 7) is 4.51. The van der Waals surface area contributed by atoms with E-state index in [4.69, 9.17) is 0 Å². The molecule has 4 aromatic rings. The van der Waals surface area contributed by atoms with E-state index in [0.717, 1.165) is 0 Å². The number of fused-ring (bicyclic) bond motifs is 6. The van der Waals surface area contributed by atoms with Crippen LogP contribution in [0.15, 0.2) is 84.9 Å². The van der Waals surface area contributed by atoms with Crippen LogP contribution in [0.3, 0.4) is 0 Å². The third kappa shape index (κ3) is 4.07. The maximum absolute atomic E-state index is 2.35. The van der Waals surface area contributed by atoms with Crippen LogP contribution >= 0.6 is 0 Å². The van der Waals surface area contributed by atoms with E-state index in [1.54, 1.807) is 0 Å². The van der Waals surface area contributed by atoms with Gasteiger partial charge in [0.05, 0.1) is 0 Å². The molecule has 3 heteroatoms. The van der Waals surface area contributed by atoms with Crippen LogP contribution < -0.4 is 24.8 Å². The van der Waals surface area contributed by atoms with Gasteiger partial charge in [0.15, 0.2) is 0 Å². The maximum Gasteiger partial charge on any atom is 0.0102 e. The van der Waals surface area contributed by atoms with Gasteiger partial charge in [-0.3, -0.25) is 0 Å². The Labute approximate surface area is 228 Å². The summed E-state index contributed by atoms with van der Waals surface area (Å²) in [6.07, 6.45) is 2.36. The van der Waals surface area contributed by atoms with Crippen molar-refractivity contribution in [2.24, 2.45) is 0 Å². The van der Waals surface area contributed by atoms with E-state index in [-0.39, 0.29) is 50.7 Å². The van der Waals surface area contributed by atoms with Gasteiger partial charge in [-0.2, -0.15) is 0 Å². The van der Waals surface area contributed by atoms with Gasteiger partial charge in [-0.15, -0.1) is 0 Å². The fourth-order valence-electron chi connectivity index (χ4n) is 6.05. The molecule has 0 amide bonds. The van der Waals surface area contributed by atoms with E-state index >= 15 is 0 Å². The summed E-state index contributed by atoms with van der Waals surface area (Å²) >= 11 is 0. The summed E-state index contributed by atoms with van der Waals surface area (Å²) in [4.78, 5) is 0. The third-order valence-electron chi connectivity index (χ3n) is 7.32. The van der Waals surface area contributed by atoms with Crippen molar-refractivity contribution in [1.82, 2.24) is 0 Å². The smallest absolute Gasteiger partial charge is 0.0102 e. The monoisotopic (exact) mass is 636 g/mol. The minimum atomic E-state index is 0. The minimum absolute atomic E-state index is 0. The largest absolute Gasteiger partial charge is 1.00 e. The number of hydrogen-bond donors (Lipinski definition) is 0. The van der Waals surface area contributed by atoms with E-state index < -0.39 is 0 Å². The van der Waals surface area contributed by atoms with Crippen LogP contribution in [0.2, 0.25) is 0 Å². The van der Waals surface area contributed by atoms with Crippen molar-refractivity contribution < 1.29 is 50.7 Å². The molecule has 166 valence electrons. The quantitative estimate of drug-likeness (QED) is 0.303. The predicted molar refractivity (Wildman–Crippen MR) is 126 cm³/mol. The molecule has 0 radical (unpaired) electrons. The molecule has 2 aliphatic rings. The van der Waals surface area contributed by atoms with Gasteiger partial charge in [-0.1, -0.05) is 84.9 Å². The molecule has 0 bridgehead atoms. The number of benzene rings is 4. The Hall–Kier alpha value is -1.67. The molecular formula is C30H26Cl2Hf-2. The summed E-state index contributed by atoms with van der Waals surface area (Å²) in [6, 6.07) is 31.8. The van der Waals surface area contributed by atoms with E-state index in [0.29, 0.717) is 11.8 Å². The molecule has 6 rings (SSSR count). The van der Waals surface area contributed by atoms with Gasteiger partial charge in [0, 0.05) is 37.7 Å². The fraction of sp³-hybridized carbons (Fsp3) is 0.200. The van der Waals surface area contributed by atoms with Gasteiger partial charge in [-0.25, -0.2) is 0 Å². The van der Waals surface area contributed by atoms with Gasteiger partial charge in [0.25, 0.3) is 0 Å². The van der Waals surface area contributed by atoms with Crippen molar-refractivity contribution in [3.05, 3.63) is 118 Å². The first-order valence-electron chi connectivity index (χ1n) is 11.1. The zero-order chi connectivity index (χ0) is 20.2. The number of aryl methyl sites for hydroxylation is 2. The van der Waals surface area contributed by atoms with Gasteiger partial charge < -0.3 is 24.8 Å². The zero-order valence-corrected chi connectivity index (χ0v) is 24.0. The zero-order valence-electron chi connectivity index (χ0n) is 18.9. The van der Waals surface area contributed by atoms with Crippen molar-refractivity contribution in [3.63, 3.8) is 0 Å². The molecule has 0 aliphatic heterocycles. The number of hydrogen-bond acceptors (Lipinski definition) is 0. The van der Waals surface area contributed by atoms with E-state index in [2.05, 4.69) is 98.8 Å². The maximum atomic E-state index is 2.35. The predicted octanol–water partition coefficient (Wildman–Crippen LogP) is 2.01. The summed E-state index contributed by atoms with van der Waals surface area (Å²) in [5.41, 5.74) is 14.7. The Bertz CT molecular complexity index is 1190. The Morgan fingerprint density at radius 3 is 1.27 bits per heavy atom. The molecule has 33 heavy (non-hydrogen) atoms. The van der Waals surface area contributed by atoms with Gasteiger partial charge >= 0.3 is 0 Å². The molecule has 0 aromatic heterocycles. The van der Waals surface area contributed by atoms with E-state index in [1.165, 1.54) is 68.5 Å². The van der Waals surface area contributed by atoms with E-state index in [1.807, 2.05) is 0 Å². The molecule has 0 heterocycles. The average Bonchev–Trinajstić information content (AvgIpc) is 3.27. The first-order valence-corrected chi connectivity index (χ1v) is 11.1. The van der Waals surface area contributed by atoms with Crippen LogP contribution in [0, 0.1) is 13.8 Å². The SMILES string of the molecule is Cc1cccc2c1-c1ccccc1C2CCC1c2ccccc2-c2c(C)cccc21.[Cl-].[Cl-].[Hf]. The summed E-state index contributed by atoms with van der Waals surface area (Å²) < 4.78 is 0. The standard InChI is InChI=1S/C30H26.2ClH.Hf/c1-19-9-7-15-27-23(21-11-3-5-13-25(21)29(19)27)17-18-24-22-12-4-6-14-26(22)30-20(2)10-8-16-28(24)30;;;/h3-16,23-24H,17-18H2,1-2H3;2*1H;/p-2. The van der Waals surface area contributed by atoms with Crippen molar-refractivity contribution in [1.29, 1.82) is 0 Å². The second kappa shape index (κ2) is 10.3. The van der Waals surface area contributed by atoms with Crippen molar-refractivity contribution in [3.8, 4) is 22.3 Å². The first kappa shape index (κ1) is 25.9. The molecular weight excluding hydrogens is 610 g/mol. The van der Waals surface area contributed by atoms with Crippen molar-refractivity contribution >= 4 is 0 Å². The van der Waals surface area contributed by atoms with Crippen molar-refractivity contribution in [2.75, 3.05) is 0 Å². The molecule has 2 unspecified atom stereocenters. The molecule has 0 spiro atoms. The third-order valence-corrected chi connectivity index (χ3v) is 7.32. The molecule has 0 saturated heterocycles. The average molecular weight is 636 g/mol.